The number of rotatable bonds is 14. The summed E-state index contributed by atoms with van der Waals surface area (Å²) in [7, 11) is 0. The molecular weight excluding hydrogens is 584 g/mol. The van der Waals surface area contributed by atoms with Gasteiger partial charge in [-0.2, -0.15) is 0 Å². The number of aliphatic hydroxyl groups is 1. The van der Waals surface area contributed by atoms with Gasteiger partial charge in [0.2, 0.25) is 17.7 Å². The Morgan fingerprint density at radius 3 is 2.52 bits per heavy atom. The monoisotopic (exact) mass is 626 g/mol. The van der Waals surface area contributed by atoms with Crippen LogP contribution in [0.25, 0.3) is 11.0 Å². The molecule has 0 aliphatic carbocycles. The first-order chi connectivity index (χ1) is 22.4. The van der Waals surface area contributed by atoms with E-state index in [9.17, 15) is 19.5 Å². The lowest BCUT2D eigenvalue weighted by Gasteiger charge is -2.39. The first-order valence-corrected chi connectivity index (χ1v) is 16.1. The number of aromatic nitrogens is 3. The van der Waals surface area contributed by atoms with E-state index in [0.717, 1.165) is 17.5 Å². The molecule has 3 aromatic rings. The molecule has 3 fully saturated rings. The van der Waals surface area contributed by atoms with Crippen LogP contribution in [0.4, 0.5) is 0 Å². The molecule has 1 aromatic heterocycles. The number of carbonyl (C=O) groups is 3. The fourth-order valence-corrected chi connectivity index (χ4v) is 7.84. The maximum Gasteiger partial charge on any atom is 0.250 e. The SMILES string of the molecule is C=CCN(Cn1nnc2ccccc21)C(=O)C1N([C@@H](CO)Cc2ccccc2)C(=O)[C@@H]2[C@H](C(=O)N(CC=C)CCC)[C@@H]3CCC12O3. The largest absolute Gasteiger partial charge is 0.394 e. The summed E-state index contributed by atoms with van der Waals surface area (Å²) in [6.07, 6.45) is 4.96. The molecule has 46 heavy (non-hydrogen) atoms. The normalized spacial score (nSPS) is 25.4. The minimum absolute atomic E-state index is 0.0719. The number of para-hydroxylation sites is 1. The van der Waals surface area contributed by atoms with E-state index in [4.69, 9.17) is 4.74 Å². The summed E-state index contributed by atoms with van der Waals surface area (Å²) in [6.45, 7) is 10.5. The molecular formula is C35H42N6O5. The first kappa shape index (κ1) is 31.6. The van der Waals surface area contributed by atoms with Gasteiger partial charge in [-0.25, -0.2) is 4.68 Å². The lowest BCUT2D eigenvalue weighted by atomic mass is 9.70. The van der Waals surface area contributed by atoms with Crippen LogP contribution in [-0.2, 0) is 32.2 Å². The van der Waals surface area contributed by atoms with Gasteiger partial charge in [0.05, 0.1) is 36.1 Å². The van der Waals surface area contributed by atoms with Crippen LogP contribution >= 0.6 is 0 Å². The average molecular weight is 627 g/mol. The standard InChI is InChI=1S/C35H42N6O5/c1-4-18-38(19-5-2)32(43)29-28-16-17-35(46-28)30(29)33(44)41(25(22-42)21-24-12-8-7-9-13-24)31(35)34(45)39(20-6-3)23-40-27-15-11-10-14-26(27)36-37-40/h4,6-15,25,28-31,42H,1,3,5,16-23H2,2H3/t25-,28+,29-,30+,31?,35?/m1/s1. The second-order valence-electron chi connectivity index (χ2n) is 12.5. The van der Waals surface area contributed by atoms with Gasteiger partial charge in [-0.1, -0.05) is 66.8 Å². The Balaban J connectivity index is 1.41. The number of likely N-dealkylation sites (tertiary alicyclic amines) is 1. The fourth-order valence-electron chi connectivity index (χ4n) is 7.84. The number of benzene rings is 2. The number of fused-ring (bicyclic) bond motifs is 2. The van der Waals surface area contributed by atoms with E-state index in [2.05, 4.69) is 23.5 Å². The summed E-state index contributed by atoms with van der Waals surface area (Å²) in [5.41, 5.74) is 1.17. The Bertz CT molecular complexity index is 1610. The van der Waals surface area contributed by atoms with Crippen LogP contribution in [0.1, 0.15) is 31.7 Å². The maximum absolute atomic E-state index is 14.9. The van der Waals surface area contributed by atoms with E-state index in [1.807, 2.05) is 61.5 Å². The summed E-state index contributed by atoms with van der Waals surface area (Å²) < 4.78 is 8.36. The highest BCUT2D eigenvalue weighted by atomic mass is 16.5. The molecule has 3 aliphatic heterocycles. The van der Waals surface area contributed by atoms with Crippen LogP contribution in [0.15, 0.2) is 79.9 Å². The number of aliphatic hydroxyl groups excluding tert-OH is 1. The van der Waals surface area contributed by atoms with E-state index < -0.39 is 35.6 Å². The highest BCUT2D eigenvalue weighted by Crippen LogP contribution is 2.59. The molecule has 2 unspecified atom stereocenters. The molecule has 3 amide bonds. The lowest BCUT2D eigenvalue weighted by molar-refractivity contribution is -0.152. The smallest absolute Gasteiger partial charge is 0.250 e. The van der Waals surface area contributed by atoms with Crippen molar-refractivity contribution in [3.05, 3.63) is 85.5 Å². The molecule has 0 radical (unpaired) electrons. The molecule has 1 N–H and O–H groups in total. The van der Waals surface area contributed by atoms with Crippen molar-refractivity contribution in [1.82, 2.24) is 29.7 Å². The second-order valence-corrected chi connectivity index (χ2v) is 12.5. The minimum Gasteiger partial charge on any atom is -0.394 e. The number of carbonyl (C=O) groups excluding carboxylic acids is 3. The third kappa shape index (κ3) is 5.31. The molecule has 4 heterocycles. The van der Waals surface area contributed by atoms with Gasteiger partial charge >= 0.3 is 0 Å². The summed E-state index contributed by atoms with van der Waals surface area (Å²) in [4.78, 5) is 48.7. The van der Waals surface area contributed by atoms with Gasteiger partial charge in [0, 0.05) is 19.6 Å². The molecule has 3 saturated heterocycles. The maximum atomic E-state index is 14.9. The number of hydrogen-bond acceptors (Lipinski definition) is 7. The molecule has 2 bridgehead atoms. The van der Waals surface area contributed by atoms with Crippen molar-refractivity contribution in [3.63, 3.8) is 0 Å². The van der Waals surface area contributed by atoms with Gasteiger partial charge in [-0.05, 0) is 43.4 Å². The number of ether oxygens (including phenoxy) is 1. The molecule has 0 saturated carbocycles. The molecule has 242 valence electrons. The zero-order valence-electron chi connectivity index (χ0n) is 26.3. The van der Waals surface area contributed by atoms with Crippen molar-refractivity contribution >= 4 is 28.8 Å². The highest BCUT2D eigenvalue weighted by Gasteiger charge is 2.75. The Labute approximate surface area is 269 Å². The summed E-state index contributed by atoms with van der Waals surface area (Å²) >= 11 is 0. The predicted molar refractivity (Wildman–Crippen MR) is 172 cm³/mol. The highest BCUT2D eigenvalue weighted by molar-refractivity contribution is 5.99. The summed E-state index contributed by atoms with van der Waals surface area (Å²) in [6, 6.07) is 15.3. The van der Waals surface area contributed by atoms with Crippen molar-refractivity contribution in [1.29, 1.82) is 0 Å². The zero-order valence-corrected chi connectivity index (χ0v) is 26.3. The third-order valence-corrected chi connectivity index (χ3v) is 9.72. The Kier molecular flexibility index (Phi) is 9.06. The number of amides is 3. The third-order valence-electron chi connectivity index (χ3n) is 9.72. The molecule has 2 aromatic carbocycles. The van der Waals surface area contributed by atoms with Crippen LogP contribution in [-0.4, -0.2) is 103 Å². The van der Waals surface area contributed by atoms with Gasteiger partial charge in [0.25, 0.3) is 0 Å². The van der Waals surface area contributed by atoms with Crippen LogP contribution in [0.2, 0.25) is 0 Å². The van der Waals surface area contributed by atoms with E-state index >= 15 is 0 Å². The van der Waals surface area contributed by atoms with E-state index in [1.54, 1.807) is 26.6 Å². The van der Waals surface area contributed by atoms with Crippen LogP contribution < -0.4 is 0 Å². The van der Waals surface area contributed by atoms with E-state index in [1.165, 1.54) is 4.90 Å². The van der Waals surface area contributed by atoms with Crippen molar-refractivity contribution < 1.29 is 24.2 Å². The zero-order chi connectivity index (χ0) is 32.4. The first-order valence-electron chi connectivity index (χ1n) is 16.1. The molecule has 6 atom stereocenters. The Morgan fingerprint density at radius 1 is 1.09 bits per heavy atom. The second kappa shape index (κ2) is 13.2. The lowest BCUT2D eigenvalue weighted by Crippen LogP contribution is -2.59. The van der Waals surface area contributed by atoms with Crippen molar-refractivity contribution in [2.45, 2.75) is 63.1 Å². The molecule has 11 heteroatoms. The number of nitrogens with zero attached hydrogens (tertiary/aromatic N) is 6. The summed E-state index contributed by atoms with van der Waals surface area (Å²) in [5.74, 6) is -2.39. The van der Waals surface area contributed by atoms with Crippen LogP contribution in [0.3, 0.4) is 0 Å². The quantitative estimate of drug-likeness (QED) is 0.273. The molecule has 6 rings (SSSR count). The van der Waals surface area contributed by atoms with Gasteiger partial charge in [-0.15, -0.1) is 18.3 Å². The molecule has 11 nitrogen and oxygen atoms in total. The van der Waals surface area contributed by atoms with Crippen LogP contribution in [0, 0.1) is 11.8 Å². The fraction of sp³-hybridized carbons (Fsp3) is 0.457. The topological polar surface area (TPSA) is 121 Å². The van der Waals surface area contributed by atoms with E-state index in [-0.39, 0.29) is 37.5 Å². The van der Waals surface area contributed by atoms with Gasteiger partial charge in [0.15, 0.2) is 0 Å². The van der Waals surface area contributed by atoms with Crippen molar-refractivity contribution in [3.8, 4) is 0 Å². The van der Waals surface area contributed by atoms with E-state index in [0.29, 0.717) is 37.9 Å². The Morgan fingerprint density at radius 2 is 1.80 bits per heavy atom. The summed E-state index contributed by atoms with van der Waals surface area (Å²) in [5, 5.41) is 19.3. The average Bonchev–Trinajstić information content (AvgIpc) is 3.83. The Hall–Kier alpha value is -4.35. The predicted octanol–water partition coefficient (Wildman–Crippen LogP) is 2.81. The molecule has 1 spiro atoms. The van der Waals surface area contributed by atoms with Gasteiger partial charge in [0.1, 0.15) is 23.8 Å². The van der Waals surface area contributed by atoms with Crippen LogP contribution in [0.5, 0.6) is 0 Å². The van der Waals surface area contributed by atoms with Gasteiger partial charge < -0.3 is 24.5 Å². The number of hydrogen-bond donors (Lipinski definition) is 1. The van der Waals surface area contributed by atoms with Crippen molar-refractivity contribution in [2.75, 3.05) is 26.2 Å². The van der Waals surface area contributed by atoms with Gasteiger partial charge in [-0.3, -0.25) is 14.4 Å². The minimum atomic E-state index is -1.21. The molecule has 3 aliphatic rings. The van der Waals surface area contributed by atoms with Crippen molar-refractivity contribution in [2.24, 2.45) is 11.8 Å².